The average molecular weight is 392 g/mol. The van der Waals surface area contributed by atoms with E-state index in [2.05, 4.69) is 5.32 Å². The minimum atomic E-state index is -0.576. The lowest BCUT2D eigenvalue weighted by Gasteiger charge is -2.33. The van der Waals surface area contributed by atoms with Gasteiger partial charge < -0.3 is 15.0 Å². The van der Waals surface area contributed by atoms with Crippen LogP contribution in [-0.2, 0) is 22.6 Å². The molecule has 6 heteroatoms. The summed E-state index contributed by atoms with van der Waals surface area (Å²) >= 11 is 1.56. The minimum absolute atomic E-state index is 0.0779. The van der Waals surface area contributed by atoms with Gasteiger partial charge in [0.25, 0.3) is 5.91 Å². The second kappa shape index (κ2) is 7.86. The summed E-state index contributed by atoms with van der Waals surface area (Å²) in [7, 11) is 0. The fourth-order valence-electron chi connectivity index (χ4n) is 3.19. The molecule has 1 unspecified atom stereocenters. The van der Waals surface area contributed by atoms with Gasteiger partial charge in [-0.1, -0.05) is 36.4 Å². The molecular weight excluding hydrogens is 372 g/mol. The number of hydrogen-bond acceptors (Lipinski definition) is 4. The molecule has 4 rings (SSSR count). The Hall–Kier alpha value is -3.12. The highest BCUT2D eigenvalue weighted by Gasteiger charge is 2.31. The van der Waals surface area contributed by atoms with Gasteiger partial charge in [-0.05, 0) is 36.1 Å². The smallest absolute Gasteiger partial charge is 0.268 e. The normalized spacial score (nSPS) is 15.7. The fourth-order valence-corrected chi connectivity index (χ4v) is 3.90. The SMILES string of the molecule is CC1Oc2cc(NC(=O)Cc3cccs3)ccc2N(Cc2ccccc2)C1=O. The minimum Gasteiger partial charge on any atom is -0.479 e. The monoisotopic (exact) mass is 392 g/mol. The Morgan fingerprint density at radius 1 is 1.14 bits per heavy atom. The van der Waals surface area contributed by atoms with Crippen LogP contribution in [0, 0.1) is 0 Å². The van der Waals surface area contributed by atoms with Crippen molar-refractivity contribution in [1.29, 1.82) is 0 Å². The molecule has 1 aliphatic heterocycles. The standard InChI is InChI=1S/C22H20N2O3S/c1-15-22(26)24(14-16-6-3-2-4-7-16)19-10-9-17(12-20(19)27-15)23-21(25)13-18-8-5-11-28-18/h2-12,15H,13-14H2,1H3,(H,23,25). The highest BCUT2D eigenvalue weighted by atomic mass is 32.1. The molecular formula is C22H20N2O3S. The number of rotatable bonds is 5. The molecule has 1 aromatic heterocycles. The van der Waals surface area contributed by atoms with Crippen molar-refractivity contribution >= 4 is 34.5 Å². The summed E-state index contributed by atoms with van der Waals surface area (Å²) in [6.07, 6.45) is -0.238. The number of carbonyl (C=O) groups excluding carboxylic acids is 2. The highest BCUT2D eigenvalue weighted by Crippen LogP contribution is 2.37. The average Bonchev–Trinajstić information content (AvgIpc) is 3.19. The molecule has 0 saturated heterocycles. The van der Waals surface area contributed by atoms with Crippen molar-refractivity contribution in [3.8, 4) is 5.75 Å². The Balaban J connectivity index is 1.54. The topological polar surface area (TPSA) is 58.6 Å². The molecule has 1 aliphatic rings. The number of ether oxygens (including phenoxy) is 1. The molecule has 2 amide bonds. The summed E-state index contributed by atoms with van der Waals surface area (Å²) < 4.78 is 5.80. The molecule has 0 bridgehead atoms. The van der Waals surface area contributed by atoms with Gasteiger partial charge in [0.2, 0.25) is 5.91 Å². The van der Waals surface area contributed by atoms with E-state index in [9.17, 15) is 9.59 Å². The van der Waals surface area contributed by atoms with Crippen molar-refractivity contribution in [2.24, 2.45) is 0 Å². The van der Waals surface area contributed by atoms with Crippen LogP contribution in [0.15, 0.2) is 66.0 Å². The van der Waals surface area contributed by atoms with Crippen molar-refractivity contribution in [3.63, 3.8) is 0 Å². The van der Waals surface area contributed by atoms with Gasteiger partial charge in [-0.3, -0.25) is 9.59 Å². The molecule has 0 fully saturated rings. The van der Waals surface area contributed by atoms with Crippen LogP contribution < -0.4 is 15.0 Å². The maximum absolute atomic E-state index is 12.7. The van der Waals surface area contributed by atoms with E-state index in [1.165, 1.54) is 0 Å². The highest BCUT2D eigenvalue weighted by molar-refractivity contribution is 7.10. The molecule has 2 heterocycles. The Bertz CT molecular complexity index is 986. The fraction of sp³-hybridized carbons (Fsp3) is 0.182. The van der Waals surface area contributed by atoms with Gasteiger partial charge in [-0.2, -0.15) is 0 Å². The zero-order chi connectivity index (χ0) is 19.5. The predicted octanol–water partition coefficient (Wildman–Crippen LogP) is 4.24. The van der Waals surface area contributed by atoms with Crippen molar-refractivity contribution < 1.29 is 14.3 Å². The van der Waals surface area contributed by atoms with Gasteiger partial charge in [-0.15, -0.1) is 11.3 Å². The number of nitrogens with one attached hydrogen (secondary N) is 1. The van der Waals surface area contributed by atoms with Crippen LogP contribution in [0.2, 0.25) is 0 Å². The Morgan fingerprint density at radius 3 is 2.71 bits per heavy atom. The first kappa shape index (κ1) is 18.3. The lowest BCUT2D eigenvalue weighted by atomic mass is 10.1. The first-order valence-electron chi connectivity index (χ1n) is 9.08. The summed E-state index contributed by atoms with van der Waals surface area (Å²) in [5.74, 6) is 0.436. The van der Waals surface area contributed by atoms with Gasteiger partial charge in [0, 0.05) is 16.6 Å². The van der Waals surface area contributed by atoms with E-state index in [0.717, 1.165) is 10.4 Å². The summed E-state index contributed by atoms with van der Waals surface area (Å²) in [6, 6.07) is 19.1. The number of nitrogens with zero attached hydrogens (tertiary/aromatic N) is 1. The van der Waals surface area contributed by atoms with Crippen LogP contribution in [0.3, 0.4) is 0 Å². The van der Waals surface area contributed by atoms with Gasteiger partial charge in [0.15, 0.2) is 6.10 Å². The van der Waals surface area contributed by atoms with Crippen molar-refractivity contribution in [2.45, 2.75) is 26.0 Å². The Kier molecular flexibility index (Phi) is 5.12. The number of hydrogen-bond donors (Lipinski definition) is 1. The lowest BCUT2D eigenvalue weighted by Crippen LogP contribution is -2.44. The molecule has 0 spiro atoms. The van der Waals surface area contributed by atoms with Gasteiger partial charge in [-0.25, -0.2) is 0 Å². The maximum atomic E-state index is 12.7. The summed E-state index contributed by atoms with van der Waals surface area (Å²) in [6.45, 7) is 2.22. The zero-order valence-electron chi connectivity index (χ0n) is 15.4. The molecule has 0 radical (unpaired) electrons. The summed E-state index contributed by atoms with van der Waals surface area (Å²) in [4.78, 5) is 27.7. The molecule has 0 saturated carbocycles. The van der Waals surface area contributed by atoms with Crippen LogP contribution in [0.5, 0.6) is 5.75 Å². The van der Waals surface area contributed by atoms with E-state index in [1.807, 2.05) is 53.9 Å². The number of carbonyl (C=O) groups is 2. The Labute approximate surface area is 167 Å². The third-order valence-corrected chi connectivity index (χ3v) is 5.43. The third kappa shape index (κ3) is 3.92. The van der Waals surface area contributed by atoms with Crippen LogP contribution in [0.25, 0.3) is 0 Å². The van der Waals surface area contributed by atoms with Crippen molar-refractivity contribution in [2.75, 3.05) is 10.2 Å². The Morgan fingerprint density at radius 2 is 1.96 bits per heavy atom. The van der Waals surface area contributed by atoms with Gasteiger partial charge in [0.05, 0.1) is 18.7 Å². The van der Waals surface area contributed by atoms with E-state index in [-0.39, 0.29) is 11.8 Å². The van der Waals surface area contributed by atoms with Crippen molar-refractivity contribution in [1.82, 2.24) is 0 Å². The molecule has 1 atom stereocenters. The zero-order valence-corrected chi connectivity index (χ0v) is 16.2. The van der Waals surface area contributed by atoms with Crippen LogP contribution in [-0.4, -0.2) is 17.9 Å². The van der Waals surface area contributed by atoms with Crippen LogP contribution >= 0.6 is 11.3 Å². The van der Waals surface area contributed by atoms with Gasteiger partial charge in [0.1, 0.15) is 5.75 Å². The third-order valence-electron chi connectivity index (χ3n) is 4.55. The van der Waals surface area contributed by atoms with E-state index in [4.69, 9.17) is 4.74 Å². The van der Waals surface area contributed by atoms with E-state index in [1.54, 1.807) is 35.3 Å². The predicted molar refractivity (Wildman–Crippen MR) is 111 cm³/mol. The molecule has 28 heavy (non-hydrogen) atoms. The number of amides is 2. The van der Waals surface area contributed by atoms with Crippen LogP contribution in [0.4, 0.5) is 11.4 Å². The largest absolute Gasteiger partial charge is 0.479 e. The number of benzene rings is 2. The first-order chi connectivity index (χ1) is 13.6. The second-order valence-corrected chi connectivity index (χ2v) is 7.69. The lowest BCUT2D eigenvalue weighted by molar-refractivity contribution is -0.125. The maximum Gasteiger partial charge on any atom is 0.268 e. The second-order valence-electron chi connectivity index (χ2n) is 6.66. The summed E-state index contributed by atoms with van der Waals surface area (Å²) in [5, 5.41) is 4.86. The summed E-state index contributed by atoms with van der Waals surface area (Å²) in [5.41, 5.74) is 2.41. The number of thiophene rings is 1. The molecule has 1 N–H and O–H groups in total. The van der Waals surface area contributed by atoms with Crippen LogP contribution in [0.1, 0.15) is 17.4 Å². The number of anilines is 2. The van der Waals surface area contributed by atoms with Gasteiger partial charge >= 0.3 is 0 Å². The van der Waals surface area contributed by atoms with E-state index in [0.29, 0.717) is 30.1 Å². The molecule has 3 aromatic rings. The molecule has 2 aromatic carbocycles. The quantitative estimate of drug-likeness (QED) is 0.706. The van der Waals surface area contributed by atoms with E-state index < -0.39 is 6.10 Å². The number of fused-ring (bicyclic) bond motifs is 1. The molecule has 0 aliphatic carbocycles. The molecule has 5 nitrogen and oxygen atoms in total. The molecule has 142 valence electrons. The van der Waals surface area contributed by atoms with E-state index >= 15 is 0 Å². The first-order valence-corrected chi connectivity index (χ1v) is 9.96. The van der Waals surface area contributed by atoms with Crippen molar-refractivity contribution in [3.05, 3.63) is 76.5 Å².